The van der Waals surface area contributed by atoms with Crippen molar-refractivity contribution in [2.75, 3.05) is 20.2 Å². The molecular formula is C26H27N3O3. The first-order valence-electron chi connectivity index (χ1n) is 10.6. The lowest BCUT2D eigenvalue weighted by Crippen LogP contribution is -2.30. The number of aryl methyl sites for hydroxylation is 2. The highest BCUT2D eigenvalue weighted by molar-refractivity contribution is 5.94. The van der Waals surface area contributed by atoms with Crippen LogP contribution in [0.15, 0.2) is 73.1 Å². The Labute approximate surface area is 188 Å². The van der Waals surface area contributed by atoms with E-state index in [9.17, 15) is 4.79 Å². The first-order chi connectivity index (χ1) is 15.5. The number of carbonyl (C=O) groups excluding carboxylic acids is 1. The van der Waals surface area contributed by atoms with E-state index in [0.29, 0.717) is 31.1 Å². The van der Waals surface area contributed by atoms with E-state index in [2.05, 4.69) is 4.98 Å². The van der Waals surface area contributed by atoms with Crippen molar-refractivity contribution in [3.8, 4) is 11.5 Å². The number of likely N-dealkylation sites (N-methyl/N-ethyl adjacent to an activating group) is 1. The minimum absolute atomic E-state index is 0.0776. The number of aromatic nitrogens is 2. The van der Waals surface area contributed by atoms with Crippen LogP contribution in [0, 0.1) is 13.8 Å². The predicted octanol–water partition coefficient (Wildman–Crippen LogP) is 4.68. The standard InChI is InChI=1S/C26H27N3O3/c1-19-7-10-23(11-8-19)31-14-13-28(3)26(30)21-5-4-6-24(15-21)32-18-22-17-29-16-20(2)9-12-25(29)27-22/h4-12,15-17H,13-14,18H2,1-3H3. The molecule has 0 saturated heterocycles. The largest absolute Gasteiger partial charge is 0.492 e. The summed E-state index contributed by atoms with van der Waals surface area (Å²) in [5, 5.41) is 0. The Bertz CT molecular complexity index is 1210. The third-order valence-electron chi connectivity index (χ3n) is 5.18. The SMILES string of the molecule is Cc1ccc(OCCN(C)C(=O)c2cccc(OCc3cn4cc(C)ccc4n3)c2)cc1. The molecule has 4 aromatic rings. The Balaban J connectivity index is 1.32. The van der Waals surface area contributed by atoms with E-state index in [1.807, 2.05) is 79.2 Å². The molecule has 0 aliphatic rings. The lowest BCUT2D eigenvalue weighted by Gasteiger charge is -2.18. The van der Waals surface area contributed by atoms with E-state index in [4.69, 9.17) is 9.47 Å². The van der Waals surface area contributed by atoms with Crippen LogP contribution in [0.5, 0.6) is 11.5 Å². The summed E-state index contributed by atoms with van der Waals surface area (Å²) in [6, 6.07) is 19.1. The number of rotatable bonds is 8. The second-order valence-corrected chi connectivity index (χ2v) is 7.91. The van der Waals surface area contributed by atoms with Gasteiger partial charge < -0.3 is 18.8 Å². The minimum Gasteiger partial charge on any atom is -0.492 e. The van der Waals surface area contributed by atoms with Crippen molar-refractivity contribution in [2.45, 2.75) is 20.5 Å². The molecule has 0 spiro atoms. The van der Waals surface area contributed by atoms with E-state index >= 15 is 0 Å². The Morgan fingerprint density at radius 2 is 1.72 bits per heavy atom. The van der Waals surface area contributed by atoms with Gasteiger partial charge in [-0.3, -0.25) is 4.79 Å². The van der Waals surface area contributed by atoms with Crippen molar-refractivity contribution in [3.05, 3.63) is 95.4 Å². The van der Waals surface area contributed by atoms with Gasteiger partial charge in [0.05, 0.1) is 12.2 Å². The number of carbonyl (C=O) groups is 1. The van der Waals surface area contributed by atoms with E-state index in [1.165, 1.54) is 11.1 Å². The van der Waals surface area contributed by atoms with Gasteiger partial charge >= 0.3 is 0 Å². The first-order valence-corrected chi connectivity index (χ1v) is 10.6. The van der Waals surface area contributed by atoms with Gasteiger partial charge in [0.25, 0.3) is 5.91 Å². The molecule has 1 amide bonds. The number of hydrogen-bond donors (Lipinski definition) is 0. The number of hydrogen-bond acceptors (Lipinski definition) is 4. The summed E-state index contributed by atoms with van der Waals surface area (Å²) in [4.78, 5) is 19.0. The maximum absolute atomic E-state index is 12.8. The lowest BCUT2D eigenvalue weighted by atomic mass is 10.2. The van der Waals surface area contributed by atoms with E-state index in [-0.39, 0.29) is 5.91 Å². The summed E-state index contributed by atoms with van der Waals surface area (Å²) in [6.07, 6.45) is 3.99. The fraction of sp³-hybridized carbons (Fsp3) is 0.231. The van der Waals surface area contributed by atoms with Crippen molar-refractivity contribution >= 4 is 11.6 Å². The second-order valence-electron chi connectivity index (χ2n) is 7.91. The number of nitrogens with zero attached hydrogens (tertiary/aromatic N) is 3. The van der Waals surface area contributed by atoms with Gasteiger partial charge in [-0.05, 0) is 55.8 Å². The number of ether oxygens (including phenoxy) is 2. The zero-order valence-corrected chi connectivity index (χ0v) is 18.6. The molecule has 164 valence electrons. The third kappa shape index (κ3) is 5.27. The van der Waals surface area contributed by atoms with Gasteiger partial charge in [0, 0.05) is 25.0 Å². The van der Waals surface area contributed by atoms with Crippen LogP contribution < -0.4 is 9.47 Å². The van der Waals surface area contributed by atoms with E-state index in [1.54, 1.807) is 24.1 Å². The average Bonchev–Trinajstić information content (AvgIpc) is 3.20. The molecule has 0 N–H and O–H groups in total. The fourth-order valence-corrected chi connectivity index (χ4v) is 3.36. The molecule has 4 rings (SSSR count). The fourth-order valence-electron chi connectivity index (χ4n) is 3.36. The van der Waals surface area contributed by atoms with Gasteiger partial charge in [0.15, 0.2) is 0 Å². The van der Waals surface area contributed by atoms with Crippen LogP contribution in [-0.2, 0) is 6.61 Å². The normalized spacial score (nSPS) is 10.8. The molecule has 6 nitrogen and oxygen atoms in total. The van der Waals surface area contributed by atoms with Gasteiger partial charge in [0.2, 0.25) is 0 Å². The molecular weight excluding hydrogens is 402 g/mol. The van der Waals surface area contributed by atoms with Crippen molar-refractivity contribution in [1.82, 2.24) is 14.3 Å². The summed E-state index contributed by atoms with van der Waals surface area (Å²) in [5.41, 5.74) is 4.64. The number of benzene rings is 2. The maximum Gasteiger partial charge on any atom is 0.253 e. The molecule has 2 heterocycles. The van der Waals surface area contributed by atoms with E-state index in [0.717, 1.165) is 17.1 Å². The monoisotopic (exact) mass is 429 g/mol. The first kappa shape index (κ1) is 21.4. The highest BCUT2D eigenvalue weighted by atomic mass is 16.5. The summed E-state index contributed by atoms with van der Waals surface area (Å²) >= 11 is 0. The summed E-state index contributed by atoms with van der Waals surface area (Å²) in [5.74, 6) is 1.36. The Morgan fingerprint density at radius 1 is 0.938 bits per heavy atom. The predicted molar refractivity (Wildman–Crippen MR) is 124 cm³/mol. The topological polar surface area (TPSA) is 56.1 Å². The number of amides is 1. The zero-order chi connectivity index (χ0) is 22.5. The smallest absolute Gasteiger partial charge is 0.253 e. The molecule has 0 radical (unpaired) electrons. The molecule has 2 aromatic carbocycles. The summed E-state index contributed by atoms with van der Waals surface area (Å²) in [6.45, 7) is 5.32. The molecule has 0 atom stereocenters. The second kappa shape index (κ2) is 9.56. The Hall–Kier alpha value is -3.80. The van der Waals surface area contributed by atoms with Gasteiger partial charge in [-0.15, -0.1) is 0 Å². The Morgan fingerprint density at radius 3 is 2.53 bits per heavy atom. The highest BCUT2D eigenvalue weighted by Crippen LogP contribution is 2.17. The average molecular weight is 430 g/mol. The van der Waals surface area contributed by atoms with Gasteiger partial charge in [-0.1, -0.05) is 29.8 Å². The van der Waals surface area contributed by atoms with Crippen LogP contribution in [0.25, 0.3) is 5.65 Å². The van der Waals surface area contributed by atoms with E-state index < -0.39 is 0 Å². The molecule has 6 heteroatoms. The molecule has 0 aliphatic heterocycles. The summed E-state index contributed by atoms with van der Waals surface area (Å²) in [7, 11) is 1.77. The molecule has 32 heavy (non-hydrogen) atoms. The number of fused-ring (bicyclic) bond motifs is 1. The molecule has 0 unspecified atom stereocenters. The van der Waals surface area contributed by atoms with Crippen LogP contribution in [-0.4, -0.2) is 40.4 Å². The van der Waals surface area contributed by atoms with Crippen LogP contribution in [0.4, 0.5) is 0 Å². The molecule has 0 bridgehead atoms. The van der Waals surface area contributed by atoms with Crippen molar-refractivity contribution < 1.29 is 14.3 Å². The molecule has 2 aromatic heterocycles. The van der Waals surface area contributed by atoms with Gasteiger partial charge in [-0.25, -0.2) is 4.98 Å². The van der Waals surface area contributed by atoms with Crippen LogP contribution in [0.3, 0.4) is 0 Å². The van der Waals surface area contributed by atoms with Crippen LogP contribution >= 0.6 is 0 Å². The van der Waals surface area contributed by atoms with Crippen molar-refractivity contribution in [2.24, 2.45) is 0 Å². The van der Waals surface area contributed by atoms with Crippen LogP contribution in [0.2, 0.25) is 0 Å². The molecule has 0 aliphatic carbocycles. The van der Waals surface area contributed by atoms with Crippen LogP contribution in [0.1, 0.15) is 27.2 Å². The highest BCUT2D eigenvalue weighted by Gasteiger charge is 2.13. The third-order valence-corrected chi connectivity index (χ3v) is 5.18. The number of pyridine rings is 1. The Kier molecular flexibility index (Phi) is 6.40. The van der Waals surface area contributed by atoms with Gasteiger partial charge in [0.1, 0.15) is 30.4 Å². The van der Waals surface area contributed by atoms with Crippen molar-refractivity contribution in [3.63, 3.8) is 0 Å². The maximum atomic E-state index is 12.8. The minimum atomic E-state index is -0.0776. The molecule has 0 fully saturated rings. The quantitative estimate of drug-likeness (QED) is 0.408. The number of imidazole rings is 1. The summed E-state index contributed by atoms with van der Waals surface area (Å²) < 4.78 is 13.6. The molecule has 0 saturated carbocycles. The zero-order valence-electron chi connectivity index (χ0n) is 18.6. The van der Waals surface area contributed by atoms with Crippen molar-refractivity contribution in [1.29, 1.82) is 0 Å². The van der Waals surface area contributed by atoms with Gasteiger partial charge in [-0.2, -0.15) is 0 Å². The lowest BCUT2D eigenvalue weighted by molar-refractivity contribution is 0.0773.